The van der Waals surface area contributed by atoms with Gasteiger partial charge in [-0.1, -0.05) is 53.8 Å². The molecule has 0 radical (unpaired) electrons. The van der Waals surface area contributed by atoms with Crippen LogP contribution >= 0.6 is 11.3 Å². The van der Waals surface area contributed by atoms with Crippen LogP contribution in [0, 0.1) is 13.8 Å². The van der Waals surface area contributed by atoms with Crippen molar-refractivity contribution >= 4 is 43.4 Å². The number of carbonyl (C=O) groups is 1. The van der Waals surface area contributed by atoms with Crippen molar-refractivity contribution in [3.63, 3.8) is 0 Å². The van der Waals surface area contributed by atoms with E-state index in [4.69, 9.17) is 14.5 Å². The van der Waals surface area contributed by atoms with Gasteiger partial charge in [0.25, 0.3) is 5.91 Å². The number of thiazole rings is 1. The van der Waals surface area contributed by atoms with Gasteiger partial charge in [-0.3, -0.25) is 14.6 Å². The lowest BCUT2D eigenvalue weighted by Gasteiger charge is -2.29. The SMILES string of the molecule is CCOc1ccc2ccccc2c1C(=O)N(CCN1CCOCC1)c1nc2c(C)ccc(C)c2s1. The van der Waals surface area contributed by atoms with Crippen molar-refractivity contribution in [3.05, 3.63) is 65.2 Å². The third-order valence-electron chi connectivity index (χ3n) is 6.55. The number of hydrogen-bond donors (Lipinski definition) is 0. The summed E-state index contributed by atoms with van der Waals surface area (Å²) in [5.74, 6) is 0.536. The van der Waals surface area contributed by atoms with Crippen LogP contribution in [0.2, 0.25) is 0 Å². The van der Waals surface area contributed by atoms with Crippen LogP contribution < -0.4 is 9.64 Å². The van der Waals surface area contributed by atoms with Gasteiger partial charge in [-0.25, -0.2) is 4.98 Å². The molecule has 1 aromatic heterocycles. The molecule has 35 heavy (non-hydrogen) atoms. The molecular weight excluding hydrogens is 458 g/mol. The summed E-state index contributed by atoms with van der Waals surface area (Å²) in [6.45, 7) is 11.1. The van der Waals surface area contributed by atoms with Crippen LogP contribution in [0.15, 0.2) is 48.5 Å². The first kappa shape index (κ1) is 23.7. The Balaban J connectivity index is 1.60. The van der Waals surface area contributed by atoms with E-state index in [0.717, 1.165) is 64.5 Å². The van der Waals surface area contributed by atoms with Crippen LogP contribution in [0.4, 0.5) is 5.13 Å². The first-order valence-corrected chi connectivity index (χ1v) is 13.0. The molecule has 1 aliphatic rings. The van der Waals surface area contributed by atoms with Gasteiger partial charge in [0.2, 0.25) is 0 Å². The van der Waals surface area contributed by atoms with E-state index in [2.05, 4.69) is 30.9 Å². The van der Waals surface area contributed by atoms with Crippen molar-refractivity contribution in [3.8, 4) is 5.75 Å². The number of anilines is 1. The first-order valence-electron chi connectivity index (χ1n) is 12.2. The Kier molecular flexibility index (Phi) is 7.00. The number of aryl methyl sites for hydroxylation is 2. The Morgan fingerprint density at radius 3 is 2.63 bits per heavy atom. The van der Waals surface area contributed by atoms with E-state index in [1.54, 1.807) is 11.3 Å². The molecule has 0 aliphatic carbocycles. The Hall–Kier alpha value is -3.00. The van der Waals surface area contributed by atoms with E-state index >= 15 is 0 Å². The molecule has 0 N–H and O–H groups in total. The third-order valence-corrected chi connectivity index (χ3v) is 7.77. The van der Waals surface area contributed by atoms with Gasteiger partial charge in [-0.2, -0.15) is 0 Å². The van der Waals surface area contributed by atoms with Crippen molar-refractivity contribution in [2.75, 3.05) is 50.9 Å². The zero-order chi connectivity index (χ0) is 24.4. The van der Waals surface area contributed by atoms with E-state index in [-0.39, 0.29) is 5.91 Å². The Labute approximate surface area is 210 Å². The minimum absolute atomic E-state index is 0.0760. The second kappa shape index (κ2) is 10.3. The molecule has 0 spiro atoms. The van der Waals surface area contributed by atoms with E-state index in [9.17, 15) is 4.79 Å². The number of nitrogens with zero attached hydrogens (tertiary/aromatic N) is 3. The van der Waals surface area contributed by atoms with Crippen LogP contribution in [0.3, 0.4) is 0 Å². The number of aromatic nitrogens is 1. The highest BCUT2D eigenvalue weighted by Gasteiger charge is 2.27. The highest BCUT2D eigenvalue weighted by molar-refractivity contribution is 7.22. The number of rotatable bonds is 7. The van der Waals surface area contributed by atoms with Gasteiger partial charge in [-0.05, 0) is 48.7 Å². The van der Waals surface area contributed by atoms with Gasteiger partial charge in [0.05, 0.1) is 35.6 Å². The number of hydrogen-bond acceptors (Lipinski definition) is 6. The normalized spacial score (nSPS) is 14.5. The Bertz CT molecular complexity index is 1320. The van der Waals surface area contributed by atoms with Crippen molar-refractivity contribution in [2.45, 2.75) is 20.8 Å². The smallest absolute Gasteiger partial charge is 0.264 e. The number of fused-ring (bicyclic) bond motifs is 2. The Morgan fingerprint density at radius 2 is 1.86 bits per heavy atom. The van der Waals surface area contributed by atoms with Crippen molar-refractivity contribution < 1.29 is 14.3 Å². The number of ether oxygens (including phenoxy) is 2. The summed E-state index contributed by atoms with van der Waals surface area (Å²) in [4.78, 5) is 23.5. The number of carbonyl (C=O) groups excluding carboxylic acids is 1. The van der Waals surface area contributed by atoms with Crippen LogP contribution in [0.25, 0.3) is 21.0 Å². The van der Waals surface area contributed by atoms with E-state index < -0.39 is 0 Å². The average Bonchev–Trinajstić information content (AvgIpc) is 3.33. The summed E-state index contributed by atoms with van der Waals surface area (Å²) in [6, 6.07) is 16.1. The second-order valence-corrected chi connectivity index (χ2v) is 9.85. The highest BCUT2D eigenvalue weighted by Crippen LogP contribution is 2.36. The number of amides is 1. The van der Waals surface area contributed by atoms with E-state index in [1.807, 2.05) is 48.2 Å². The predicted octanol–water partition coefficient (Wildman–Crippen LogP) is 5.44. The molecular formula is C28H31N3O3S. The van der Waals surface area contributed by atoms with Gasteiger partial charge in [0.1, 0.15) is 5.75 Å². The molecule has 0 atom stereocenters. The lowest BCUT2D eigenvalue weighted by molar-refractivity contribution is 0.0391. The Morgan fingerprint density at radius 1 is 1.09 bits per heavy atom. The van der Waals surface area contributed by atoms with E-state index in [1.165, 1.54) is 5.56 Å². The molecule has 1 saturated heterocycles. The fourth-order valence-electron chi connectivity index (χ4n) is 4.60. The molecule has 0 unspecified atom stereocenters. The molecule has 1 fully saturated rings. The minimum Gasteiger partial charge on any atom is -0.493 e. The summed E-state index contributed by atoms with van der Waals surface area (Å²) in [7, 11) is 0. The molecule has 1 amide bonds. The zero-order valence-corrected chi connectivity index (χ0v) is 21.4. The van der Waals surface area contributed by atoms with Crippen LogP contribution in [0.1, 0.15) is 28.4 Å². The fraction of sp³-hybridized carbons (Fsp3) is 0.357. The summed E-state index contributed by atoms with van der Waals surface area (Å²) < 4.78 is 12.6. The average molecular weight is 490 g/mol. The third kappa shape index (κ3) is 4.76. The topological polar surface area (TPSA) is 54.9 Å². The standard InChI is InChI=1S/C28H31N3O3S/c1-4-34-23-12-11-21-7-5-6-8-22(21)24(23)27(32)31(14-13-30-15-17-33-18-16-30)28-29-25-19(2)9-10-20(3)26(25)35-28/h5-12H,4,13-18H2,1-3H3. The zero-order valence-electron chi connectivity index (χ0n) is 20.5. The highest BCUT2D eigenvalue weighted by atomic mass is 32.1. The molecule has 7 heteroatoms. The van der Waals surface area contributed by atoms with Crippen molar-refractivity contribution in [1.82, 2.24) is 9.88 Å². The number of benzene rings is 3. The van der Waals surface area contributed by atoms with Crippen LogP contribution in [0.5, 0.6) is 5.75 Å². The lowest BCUT2D eigenvalue weighted by atomic mass is 10.0. The minimum atomic E-state index is -0.0760. The maximum atomic E-state index is 14.3. The van der Waals surface area contributed by atoms with Crippen molar-refractivity contribution in [2.24, 2.45) is 0 Å². The van der Waals surface area contributed by atoms with Gasteiger partial charge >= 0.3 is 0 Å². The molecule has 6 nitrogen and oxygen atoms in total. The predicted molar refractivity (Wildman–Crippen MR) is 143 cm³/mol. The molecule has 5 rings (SSSR count). The van der Waals surface area contributed by atoms with Crippen LogP contribution in [-0.4, -0.2) is 61.8 Å². The lowest BCUT2D eigenvalue weighted by Crippen LogP contribution is -2.43. The van der Waals surface area contributed by atoms with Gasteiger partial charge < -0.3 is 9.47 Å². The maximum Gasteiger partial charge on any atom is 0.264 e. The molecule has 1 aliphatic heterocycles. The quantitative estimate of drug-likeness (QED) is 0.346. The fourth-order valence-corrected chi connectivity index (χ4v) is 5.73. The molecule has 3 aromatic carbocycles. The molecule has 4 aromatic rings. The maximum absolute atomic E-state index is 14.3. The number of morpholine rings is 1. The van der Waals surface area contributed by atoms with Crippen LogP contribution in [-0.2, 0) is 4.74 Å². The molecule has 182 valence electrons. The second-order valence-electron chi connectivity index (χ2n) is 8.88. The monoisotopic (exact) mass is 489 g/mol. The first-order chi connectivity index (χ1) is 17.1. The van der Waals surface area contributed by atoms with Gasteiger partial charge in [0, 0.05) is 26.2 Å². The van der Waals surface area contributed by atoms with E-state index in [0.29, 0.717) is 24.5 Å². The molecule has 0 bridgehead atoms. The summed E-state index contributed by atoms with van der Waals surface area (Å²) in [5.41, 5.74) is 3.86. The molecule has 0 saturated carbocycles. The summed E-state index contributed by atoms with van der Waals surface area (Å²) in [6.07, 6.45) is 0. The largest absolute Gasteiger partial charge is 0.493 e. The van der Waals surface area contributed by atoms with Gasteiger partial charge in [-0.15, -0.1) is 0 Å². The summed E-state index contributed by atoms with van der Waals surface area (Å²) in [5, 5.41) is 2.64. The van der Waals surface area contributed by atoms with Crippen molar-refractivity contribution in [1.29, 1.82) is 0 Å². The molecule has 2 heterocycles. The van der Waals surface area contributed by atoms with Gasteiger partial charge in [0.15, 0.2) is 5.13 Å². The summed E-state index contributed by atoms with van der Waals surface area (Å²) >= 11 is 1.59.